The second-order valence-electron chi connectivity index (χ2n) is 4.52. The molecule has 2 heteroatoms. The molecule has 1 N–H and O–H groups in total. The molecule has 1 saturated heterocycles. The standard InChI is InChI=1S/C11H23NO/c1-8(2)9(3)11-7-10(12-4)5-6-13-11/h8-12H,5-7H2,1-4H3. The van der Waals surface area contributed by atoms with Crippen molar-refractivity contribution in [2.45, 2.75) is 45.8 Å². The van der Waals surface area contributed by atoms with Gasteiger partial charge in [-0.1, -0.05) is 20.8 Å². The summed E-state index contributed by atoms with van der Waals surface area (Å²) in [7, 11) is 2.05. The molecule has 0 bridgehead atoms. The van der Waals surface area contributed by atoms with Crippen molar-refractivity contribution in [1.29, 1.82) is 0 Å². The van der Waals surface area contributed by atoms with Gasteiger partial charge < -0.3 is 10.1 Å². The molecular formula is C11H23NO. The van der Waals surface area contributed by atoms with Gasteiger partial charge in [-0.2, -0.15) is 0 Å². The lowest BCUT2D eigenvalue weighted by Gasteiger charge is -2.34. The van der Waals surface area contributed by atoms with Crippen molar-refractivity contribution in [2.75, 3.05) is 13.7 Å². The Morgan fingerprint density at radius 1 is 1.31 bits per heavy atom. The van der Waals surface area contributed by atoms with Gasteiger partial charge in [0.15, 0.2) is 0 Å². The van der Waals surface area contributed by atoms with Crippen LogP contribution in [0.25, 0.3) is 0 Å². The lowest BCUT2D eigenvalue weighted by molar-refractivity contribution is -0.0383. The molecule has 3 atom stereocenters. The van der Waals surface area contributed by atoms with E-state index < -0.39 is 0 Å². The first-order valence-corrected chi connectivity index (χ1v) is 5.44. The van der Waals surface area contributed by atoms with Gasteiger partial charge in [0, 0.05) is 12.6 Å². The third-order valence-corrected chi connectivity index (χ3v) is 3.36. The van der Waals surface area contributed by atoms with E-state index in [1.165, 1.54) is 6.42 Å². The molecule has 0 aromatic rings. The molecule has 1 fully saturated rings. The van der Waals surface area contributed by atoms with Crippen LogP contribution in [-0.2, 0) is 4.74 Å². The number of nitrogens with one attached hydrogen (secondary N) is 1. The van der Waals surface area contributed by atoms with Crippen LogP contribution in [0.2, 0.25) is 0 Å². The highest BCUT2D eigenvalue weighted by atomic mass is 16.5. The second kappa shape index (κ2) is 4.97. The summed E-state index contributed by atoms with van der Waals surface area (Å²) in [6.07, 6.45) is 2.81. The Balaban J connectivity index is 2.41. The molecule has 1 aliphatic rings. The molecule has 3 unspecified atom stereocenters. The molecule has 0 aliphatic carbocycles. The molecule has 1 heterocycles. The van der Waals surface area contributed by atoms with Crippen LogP contribution in [0, 0.1) is 11.8 Å². The van der Waals surface area contributed by atoms with E-state index in [0.29, 0.717) is 18.1 Å². The van der Waals surface area contributed by atoms with Gasteiger partial charge in [0.1, 0.15) is 0 Å². The molecule has 1 rings (SSSR count). The van der Waals surface area contributed by atoms with Gasteiger partial charge in [-0.05, 0) is 31.7 Å². The number of rotatable bonds is 3. The zero-order valence-electron chi connectivity index (χ0n) is 9.34. The molecule has 0 radical (unpaired) electrons. The van der Waals surface area contributed by atoms with Crippen LogP contribution in [0.15, 0.2) is 0 Å². The molecular weight excluding hydrogens is 162 g/mol. The maximum atomic E-state index is 5.79. The predicted octanol–water partition coefficient (Wildman–Crippen LogP) is 2.05. The minimum atomic E-state index is 0.464. The molecule has 0 saturated carbocycles. The van der Waals surface area contributed by atoms with Crippen LogP contribution in [0.1, 0.15) is 33.6 Å². The van der Waals surface area contributed by atoms with Crippen molar-refractivity contribution in [3.8, 4) is 0 Å². The van der Waals surface area contributed by atoms with Gasteiger partial charge in [-0.15, -0.1) is 0 Å². The van der Waals surface area contributed by atoms with Crippen LogP contribution in [0.3, 0.4) is 0 Å². The second-order valence-corrected chi connectivity index (χ2v) is 4.52. The van der Waals surface area contributed by atoms with Gasteiger partial charge in [0.2, 0.25) is 0 Å². The molecule has 1 aliphatic heterocycles. The van der Waals surface area contributed by atoms with E-state index in [-0.39, 0.29) is 0 Å². The van der Waals surface area contributed by atoms with E-state index in [2.05, 4.69) is 26.1 Å². The van der Waals surface area contributed by atoms with E-state index >= 15 is 0 Å². The lowest BCUT2D eigenvalue weighted by Crippen LogP contribution is -2.40. The first-order chi connectivity index (χ1) is 6.15. The Hall–Kier alpha value is -0.0800. The summed E-state index contributed by atoms with van der Waals surface area (Å²) in [5.74, 6) is 1.40. The number of hydrogen-bond acceptors (Lipinski definition) is 2. The average molecular weight is 185 g/mol. The fourth-order valence-electron chi connectivity index (χ4n) is 1.89. The summed E-state index contributed by atoms with van der Waals surface area (Å²) >= 11 is 0. The first kappa shape index (κ1) is 11.0. The minimum Gasteiger partial charge on any atom is -0.378 e. The van der Waals surface area contributed by atoms with Crippen molar-refractivity contribution < 1.29 is 4.74 Å². The summed E-state index contributed by atoms with van der Waals surface area (Å²) in [5, 5.41) is 3.35. The van der Waals surface area contributed by atoms with E-state index in [1.54, 1.807) is 0 Å². The van der Waals surface area contributed by atoms with E-state index in [9.17, 15) is 0 Å². The maximum absolute atomic E-state index is 5.79. The lowest BCUT2D eigenvalue weighted by atomic mass is 9.87. The third-order valence-electron chi connectivity index (χ3n) is 3.36. The van der Waals surface area contributed by atoms with Crippen LogP contribution in [-0.4, -0.2) is 25.8 Å². The van der Waals surface area contributed by atoms with Crippen molar-refractivity contribution in [2.24, 2.45) is 11.8 Å². The fraction of sp³-hybridized carbons (Fsp3) is 1.00. The molecule has 2 nitrogen and oxygen atoms in total. The Morgan fingerprint density at radius 3 is 2.54 bits per heavy atom. The smallest absolute Gasteiger partial charge is 0.0617 e. The van der Waals surface area contributed by atoms with Gasteiger partial charge >= 0.3 is 0 Å². The summed E-state index contributed by atoms with van der Waals surface area (Å²) in [6, 6.07) is 0.667. The molecule has 0 spiro atoms. The number of ether oxygens (including phenoxy) is 1. The van der Waals surface area contributed by atoms with Crippen LogP contribution in [0.5, 0.6) is 0 Å². The van der Waals surface area contributed by atoms with Crippen molar-refractivity contribution in [3.05, 3.63) is 0 Å². The predicted molar refractivity (Wildman–Crippen MR) is 55.8 cm³/mol. The van der Waals surface area contributed by atoms with E-state index in [1.807, 2.05) is 7.05 Å². The summed E-state index contributed by atoms with van der Waals surface area (Å²) in [6.45, 7) is 7.77. The quantitative estimate of drug-likeness (QED) is 0.726. The summed E-state index contributed by atoms with van der Waals surface area (Å²) in [5.41, 5.74) is 0. The van der Waals surface area contributed by atoms with Crippen molar-refractivity contribution >= 4 is 0 Å². The first-order valence-electron chi connectivity index (χ1n) is 5.44. The van der Waals surface area contributed by atoms with Crippen LogP contribution in [0.4, 0.5) is 0 Å². The van der Waals surface area contributed by atoms with Crippen molar-refractivity contribution in [3.63, 3.8) is 0 Å². The monoisotopic (exact) mass is 185 g/mol. The molecule has 13 heavy (non-hydrogen) atoms. The van der Waals surface area contributed by atoms with E-state index in [4.69, 9.17) is 4.74 Å². The molecule has 0 amide bonds. The Morgan fingerprint density at radius 2 is 2.00 bits per heavy atom. The Bertz CT molecular complexity index is 147. The zero-order chi connectivity index (χ0) is 9.84. The highest BCUT2D eigenvalue weighted by Crippen LogP contribution is 2.25. The average Bonchev–Trinajstić information content (AvgIpc) is 2.16. The highest BCUT2D eigenvalue weighted by molar-refractivity contribution is 4.80. The highest BCUT2D eigenvalue weighted by Gasteiger charge is 2.27. The van der Waals surface area contributed by atoms with Crippen molar-refractivity contribution in [1.82, 2.24) is 5.32 Å². The summed E-state index contributed by atoms with van der Waals surface area (Å²) < 4.78 is 5.79. The topological polar surface area (TPSA) is 21.3 Å². The van der Waals surface area contributed by atoms with Gasteiger partial charge in [-0.25, -0.2) is 0 Å². The maximum Gasteiger partial charge on any atom is 0.0617 e. The largest absolute Gasteiger partial charge is 0.378 e. The number of hydrogen-bond donors (Lipinski definition) is 1. The van der Waals surface area contributed by atoms with Crippen LogP contribution < -0.4 is 5.32 Å². The minimum absolute atomic E-state index is 0.464. The van der Waals surface area contributed by atoms with E-state index in [0.717, 1.165) is 18.9 Å². The molecule has 78 valence electrons. The molecule has 0 aromatic carbocycles. The van der Waals surface area contributed by atoms with Gasteiger partial charge in [-0.3, -0.25) is 0 Å². The SMILES string of the molecule is CNC1CCOC(C(C)C(C)C)C1. The fourth-order valence-corrected chi connectivity index (χ4v) is 1.89. The normalized spacial score (nSPS) is 32.1. The Labute approximate surface area is 82.0 Å². The van der Waals surface area contributed by atoms with Crippen LogP contribution >= 0.6 is 0 Å². The van der Waals surface area contributed by atoms with Gasteiger partial charge in [0.05, 0.1) is 6.10 Å². The molecule has 0 aromatic heterocycles. The zero-order valence-corrected chi connectivity index (χ0v) is 9.34. The summed E-state index contributed by atoms with van der Waals surface area (Å²) in [4.78, 5) is 0. The Kier molecular flexibility index (Phi) is 4.20. The van der Waals surface area contributed by atoms with Gasteiger partial charge in [0.25, 0.3) is 0 Å². The third kappa shape index (κ3) is 2.96.